The fourth-order valence-corrected chi connectivity index (χ4v) is 3.05. The van der Waals surface area contributed by atoms with E-state index in [1.807, 2.05) is 0 Å². The first-order valence-electron chi connectivity index (χ1n) is 5.63. The molecular formula is C13H10Cl3NO3. The number of nitrogens with zero attached hydrogens (tertiary/aromatic N) is 1. The van der Waals surface area contributed by atoms with Crippen LogP contribution in [0.4, 0.5) is 5.69 Å². The van der Waals surface area contributed by atoms with Gasteiger partial charge in [0.2, 0.25) is 5.91 Å². The predicted octanol–water partition coefficient (Wildman–Crippen LogP) is 3.22. The van der Waals surface area contributed by atoms with Crippen molar-refractivity contribution in [1.82, 2.24) is 0 Å². The van der Waals surface area contributed by atoms with Crippen LogP contribution in [0.25, 0.3) is 0 Å². The molecule has 2 rings (SSSR count). The van der Waals surface area contributed by atoms with Gasteiger partial charge < -0.3 is 4.74 Å². The zero-order chi connectivity index (χ0) is 14.9. The summed E-state index contributed by atoms with van der Waals surface area (Å²) in [6, 6.07) is 8.66. The molecule has 0 saturated carbocycles. The fraction of sp³-hybridized carbons (Fsp3) is 0.231. The monoisotopic (exact) mass is 333 g/mol. The van der Waals surface area contributed by atoms with Gasteiger partial charge in [0.15, 0.2) is 4.87 Å². The topological polar surface area (TPSA) is 46.6 Å². The molecular weight excluding hydrogens is 325 g/mol. The average molecular weight is 335 g/mol. The van der Waals surface area contributed by atoms with Crippen molar-refractivity contribution in [2.75, 3.05) is 12.0 Å². The maximum absolute atomic E-state index is 12.2. The van der Waals surface area contributed by atoms with Crippen molar-refractivity contribution in [1.29, 1.82) is 0 Å². The van der Waals surface area contributed by atoms with Gasteiger partial charge in [0.25, 0.3) is 0 Å². The van der Waals surface area contributed by atoms with Crippen molar-refractivity contribution >= 4 is 52.4 Å². The third-order valence-corrected chi connectivity index (χ3v) is 3.77. The summed E-state index contributed by atoms with van der Waals surface area (Å²) in [6.45, 7) is 0. The summed E-state index contributed by atoms with van der Waals surface area (Å²) in [4.78, 5) is 23.6. The van der Waals surface area contributed by atoms with Gasteiger partial charge in [0, 0.05) is 5.69 Å². The average Bonchev–Trinajstić information content (AvgIpc) is 2.71. The van der Waals surface area contributed by atoms with E-state index in [0.29, 0.717) is 5.69 Å². The molecule has 20 heavy (non-hydrogen) atoms. The van der Waals surface area contributed by atoms with Crippen LogP contribution < -0.4 is 4.90 Å². The van der Waals surface area contributed by atoms with E-state index in [0.717, 1.165) is 0 Å². The van der Waals surface area contributed by atoms with Crippen molar-refractivity contribution < 1.29 is 14.3 Å². The Balaban J connectivity index is 2.58. The van der Waals surface area contributed by atoms with Crippen LogP contribution in [0.5, 0.6) is 0 Å². The molecule has 1 fully saturated rings. The van der Waals surface area contributed by atoms with E-state index in [9.17, 15) is 9.59 Å². The molecule has 1 aliphatic heterocycles. The van der Waals surface area contributed by atoms with E-state index in [-0.39, 0.29) is 22.5 Å². The Hall–Kier alpha value is -1.23. The number of alkyl halides is 1. The molecule has 0 aromatic heterocycles. The maximum Gasteiger partial charge on any atom is 0.333 e. The summed E-state index contributed by atoms with van der Waals surface area (Å²) in [5.74, 6) is -1.16. The van der Waals surface area contributed by atoms with Crippen LogP contribution in [0.3, 0.4) is 0 Å². The molecule has 0 bridgehead atoms. The van der Waals surface area contributed by atoms with E-state index in [1.165, 1.54) is 12.0 Å². The molecule has 1 aliphatic rings. The predicted molar refractivity (Wildman–Crippen MR) is 77.9 cm³/mol. The molecule has 4 nitrogen and oxygen atoms in total. The van der Waals surface area contributed by atoms with Gasteiger partial charge in [-0.2, -0.15) is 0 Å². The van der Waals surface area contributed by atoms with Crippen LogP contribution >= 0.6 is 34.8 Å². The summed E-state index contributed by atoms with van der Waals surface area (Å²) in [5, 5.41) is 0. The van der Waals surface area contributed by atoms with Crippen LogP contribution in [0.2, 0.25) is 0 Å². The number of anilines is 1. The lowest BCUT2D eigenvalue weighted by molar-refractivity contribution is -0.143. The number of ether oxygens (including phenoxy) is 1. The highest BCUT2D eigenvalue weighted by molar-refractivity contribution is 6.58. The molecule has 106 valence electrons. The zero-order valence-corrected chi connectivity index (χ0v) is 12.7. The number of hydrogen-bond donors (Lipinski definition) is 0. The fourth-order valence-electron chi connectivity index (χ4n) is 2.09. The SMILES string of the molecule is COC(=O)C1(Cl)CC(=O)N(c2ccccc2)C1=C(Cl)Cl. The summed E-state index contributed by atoms with van der Waals surface area (Å²) < 4.78 is 4.40. The lowest BCUT2D eigenvalue weighted by Crippen LogP contribution is -2.35. The molecule has 7 heteroatoms. The summed E-state index contributed by atoms with van der Waals surface area (Å²) in [6.07, 6.45) is -0.269. The van der Waals surface area contributed by atoms with E-state index in [1.54, 1.807) is 30.3 Å². The molecule has 1 saturated heterocycles. The van der Waals surface area contributed by atoms with Gasteiger partial charge in [-0.25, -0.2) is 4.79 Å². The Morgan fingerprint density at radius 3 is 2.40 bits per heavy atom. The second-order valence-corrected chi connectivity index (χ2v) is 5.74. The number of carbonyl (C=O) groups is 2. The number of para-hydroxylation sites is 1. The number of esters is 1. The van der Waals surface area contributed by atoms with E-state index in [2.05, 4.69) is 4.74 Å². The van der Waals surface area contributed by atoms with E-state index >= 15 is 0 Å². The van der Waals surface area contributed by atoms with Crippen molar-refractivity contribution in [2.45, 2.75) is 11.3 Å². The third kappa shape index (κ3) is 2.39. The largest absolute Gasteiger partial charge is 0.467 e. The Morgan fingerprint density at radius 1 is 1.30 bits per heavy atom. The molecule has 1 amide bonds. The highest BCUT2D eigenvalue weighted by Gasteiger charge is 2.55. The van der Waals surface area contributed by atoms with E-state index in [4.69, 9.17) is 34.8 Å². The van der Waals surface area contributed by atoms with Crippen LogP contribution in [-0.2, 0) is 14.3 Å². The normalized spacial score (nSPS) is 22.1. The molecule has 1 aromatic rings. The van der Waals surface area contributed by atoms with Gasteiger partial charge in [0.05, 0.1) is 19.2 Å². The minimum absolute atomic E-state index is 0.0190. The van der Waals surface area contributed by atoms with Crippen LogP contribution in [-0.4, -0.2) is 23.9 Å². The lowest BCUT2D eigenvalue weighted by Gasteiger charge is -2.24. The standard InChI is InChI=1S/C13H10Cl3NO3/c1-20-12(19)13(16)7-9(18)17(10(13)11(14)15)8-5-3-2-4-6-8/h2-6H,7H2,1H3. The van der Waals surface area contributed by atoms with Crippen molar-refractivity contribution in [3.63, 3.8) is 0 Å². The number of methoxy groups -OCH3 is 1. The number of rotatable bonds is 2. The van der Waals surface area contributed by atoms with Gasteiger partial charge in [-0.05, 0) is 12.1 Å². The molecule has 0 radical (unpaired) electrons. The summed E-state index contributed by atoms with van der Waals surface area (Å²) in [7, 11) is 1.18. The van der Waals surface area contributed by atoms with Crippen molar-refractivity contribution in [2.24, 2.45) is 0 Å². The Bertz CT molecular complexity index is 584. The highest BCUT2D eigenvalue weighted by Crippen LogP contribution is 2.45. The first kappa shape index (κ1) is 15.2. The van der Waals surface area contributed by atoms with Crippen molar-refractivity contribution in [3.8, 4) is 0 Å². The second kappa shape index (κ2) is 5.64. The van der Waals surface area contributed by atoms with Gasteiger partial charge >= 0.3 is 5.97 Å². The minimum atomic E-state index is -1.71. The number of amides is 1. The lowest BCUT2D eigenvalue weighted by atomic mass is 10.1. The summed E-state index contributed by atoms with van der Waals surface area (Å²) >= 11 is 17.9. The molecule has 0 spiro atoms. The molecule has 1 heterocycles. The minimum Gasteiger partial charge on any atom is -0.467 e. The van der Waals surface area contributed by atoms with Crippen LogP contribution in [0.15, 0.2) is 40.5 Å². The smallest absolute Gasteiger partial charge is 0.333 e. The molecule has 1 unspecified atom stereocenters. The molecule has 0 aliphatic carbocycles. The number of hydrogen-bond acceptors (Lipinski definition) is 3. The van der Waals surface area contributed by atoms with Crippen LogP contribution in [0.1, 0.15) is 6.42 Å². The number of benzene rings is 1. The second-order valence-electron chi connectivity index (χ2n) is 4.14. The molecule has 0 N–H and O–H groups in total. The third-order valence-electron chi connectivity index (χ3n) is 2.95. The Morgan fingerprint density at radius 2 is 1.90 bits per heavy atom. The van der Waals surface area contributed by atoms with Crippen molar-refractivity contribution in [3.05, 3.63) is 40.5 Å². The first-order valence-corrected chi connectivity index (χ1v) is 6.76. The summed E-state index contributed by atoms with van der Waals surface area (Å²) in [5.41, 5.74) is 0.545. The van der Waals surface area contributed by atoms with Gasteiger partial charge in [-0.1, -0.05) is 53.0 Å². The first-order chi connectivity index (χ1) is 9.41. The number of carbonyl (C=O) groups excluding carboxylic acids is 2. The molecule has 1 atom stereocenters. The van der Waals surface area contributed by atoms with Gasteiger partial charge in [0.1, 0.15) is 4.49 Å². The molecule has 1 aromatic carbocycles. The zero-order valence-electron chi connectivity index (χ0n) is 10.4. The van der Waals surface area contributed by atoms with Gasteiger partial charge in [-0.3, -0.25) is 9.69 Å². The van der Waals surface area contributed by atoms with Crippen LogP contribution in [0, 0.1) is 0 Å². The number of halogens is 3. The Labute approximate surface area is 130 Å². The van der Waals surface area contributed by atoms with Gasteiger partial charge in [-0.15, -0.1) is 0 Å². The Kier molecular flexibility index (Phi) is 4.28. The van der Waals surface area contributed by atoms with E-state index < -0.39 is 10.8 Å². The quantitative estimate of drug-likeness (QED) is 0.616. The maximum atomic E-state index is 12.2. The highest BCUT2D eigenvalue weighted by atomic mass is 35.5.